The van der Waals surface area contributed by atoms with Crippen LogP contribution in [0, 0.1) is 0 Å². The number of nitrogens with zero attached hydrogens (tertiary/aromatic N) is 2. The Labute approximate surface area is 162 Å². The van der Waals surface area contributed by atoms with Crippen LogP contribution in [-0.4, -0.2) is 53.6 Å². The zero-order valence-electron chi connectivity index (χ0n) is 16.4. The number of carbonyl (C=O) groups excluding carboxylic acids is 1. The molecule has 0 spiro atoms. The Morgan fingerprint density at radius 3 is 2.52 bits per heavy atom. The second-order valence-electron chi connectivity index (χ2n) is 8.19. The molecule has 4 heteroatoms. The van der Waals surface area contributed by atoms with Gasteiger partial charge in [-0.15, -0.1) is 0 Å². The first-order valence-electron chi connectivity index (χ1n) is 10.2. The number of ether oxygens (including phenoxy) is 1. The van der Waals surface area contributed by atoms with Crippen molar-refractivity contribution in [3.05, 3.63) is 48.0 Å². The lowest BCUT2D eigenvalue weighted by Gasteiger charge is -2.40. The van der Waals surface area contributed by atoms with Gasteiger partial charge in [0.05, 0.1) is 12.2 Å². The predicted octanol–water partition coefficient (Wildman–Crippen LogP) is 3.83. The first-order valence-corrected chi connectivity index (χ1v) is 10.2. The first kappa shape index (κ1) is 18.5. The smallest absolute Gasteiger partial charge is 0.222 e. The first-order chi connectivity index (χ1) is 13.1. The number of hydrogen-bond acceptors (Lipinski definition) is 3. The second-order valence-corrected chi connectivity index (χ2v) is 8.19. The van der Waals surface area contributed by atoms with E-state index >= 15 is 0 Å². The Morgan fingerprint density at radius 2 is 1.74 bits per heavy atom. The van der Waals surface area contributed by atoms with Gasteiger partial charge in [-0.25, -0.2) is 0 Å². The molecular formula is C23H30N2O2. The topological polar surface area (TPSA) is 32.8 Å². The number of benzene rings is 2. The molecule has 2 heterocycles. The molecule has 2 aliphatic rings. The highest BCUT2D eigenvalue weighted by atomic mass is 16.5. The second kappa shape index (κ2) is 7.99. The SMILES string of the molecule is C[C@@H]1CN(C2CCC(=O)N(Cc3ccc4ccccc4c3)CC2)C[C@H](C)O1. The Bertz CT molecular complexity index is 796. The van der Waals surface area contributed by atoms with Crippen LogP contribution in [0.4, 0.5) is 0 Å². The van der Waals surface area contributed by atoms with E-state index in [2.05, 4.69) is 66.1 Å². The molecule has 4 rings (SSSR count). The Hall–Kier alpha value is -1.91. The Morgan fingerprint density at radius 1 is 1.00 bits per heavy atom. The molecule has 2 aliphatic heterocycles. The van der Waals surface area contributed by atoms with E-state index in [0.29, 0.717) is 24.9 Å². The van der Waals surface area contributed by atoms with Crippen LogP contribution in [0.1, 0.15) is 38.7 Å². The molecule has 0 N–H and O–H groups in total. The number of likely N-dealkylation sites (tertiary alicyclic amines) is 1. The molecule has 1 unspecified atom stereocenters. The summed E-state index contributed by atoms with van der Waals surface area (Å²) in [6, 6.07) is 15.4. The molecule has 0 saturated carbocycles. The maximum Gasteiger partial charge on any atom is 0.222 e. The maximum absolute atomic E-state index is 12.7. The van der Waals surface area contributed by atoms with Crippen molar-refractivity contribution < 1.29 is 9.53 Å². The molecule has 0 aromatic heterocycles. The standard InChI is InChI=1S/C23H30N2O2/c1-17-14-25(15-18(2)27-17)22-9-10-23(26)24(12-11-22)16-19-7-8-20-5-3-4-6-21(20)13-19/h3-8,13,17-18,22H,9-12,14-16H2,1-2H3/t17-,18+,22?. The van der Waals surface area contributed by atoms with Crippen molar-refractivity contribution in [2.24, 2.45) is 0 Å². The molecule has 3 atom stereocenters. The fourth-order valence-corrected chi connectivity index (χ4v) is 4.63. The summed E-state index contributed by atoms with van der Waals surface area (Å²) in [5, 5.41) is 2.49. The van der Waals surface area contributed by atoms with E-state index in [4.69, 9.17) is 4.74 Å². The van der Waals surface area contributed by atoms with Crippen molar-refractivity contribution in [1.82, 2.24) is 9.80 Å². The summed E-state index contributed by atoms with van der Waals surface area (Å²) in [5.41, 5.74) is 1.22. The van der Waals surface area contributed by atoms with E-state index in [1.807, 2.05) is 0 Å². The minimum absolute atomic E-state index is 0.279. The number of rotatable bonds is 3. The third kappa shape index (κ3) is 4.33. The lowest BCUT2D eigenvalue weighted by Crippen LogP contribution is -2.50. The van der Waals surface area contributed by atoms with Crippen molar-refractivity contribution in [2.45, 2.75) is 57.9 Å². The van der Waals surface area contributed by atoms with Gasteiger partial charge in [0.15, 0.2) is 0 Å². The van der Waals surface area contributed by atoms with Crippen molar-refractivity contribution in [1.29, 1.82) is 0 Å². The van der Waals surface area contributed by atoms with Crippen LogP contribution in [-0.2, 0) is 16.1 Å². The summed E-state index contributed by atoms with van der Waals surface area (Å²) < 4.78 is 5.88. The van der Waals surface area contributed by atoms with Crippen LogP contribution in [0.2, 0.25) is 0 Å². The molecule has 144 valence electrons. The van der Waals surface area contributed by atoms with Gasteiger partial charge in [0.25, 0.3) is 0 Å². The third-order valence-corrected chi connectivity index (χ3v) is 5.93. The fraction of sp³-hybridized carbons (Fsp3) is 0.522. The van der Waals surface area contributed by atoms with Crippen LogP contribution in [0.15, 0.2) is 42.5 Å². The van der Waals surface area contributed by atoms with E-state index in [9.17, 15) is 4.79 Å². The van der Waals surface area contributed by atoms with Crippen molar-refractivity contribution >= 4 is 16.7 Å². The zero-order valence-corrected chi connectivity index (χ0v) is 16.4. The third-order valence-electron chi connectivity index (χ3n) is 5.93. The molecule has 2 aromatic rings. The van der Waals surface area contributed by atoms with Crippen molar-refractivity contribution in [3.63, 3.8) is 0 Å². The molecule has 0 bridgehead atoms. The van der Waals surface area contributed by atoms with Crippen LogP contribution in [0.25, 0.3) is 10.8 Å². The number of hydrogen-bond donors (Lipinski definition) is 0. The van der Waals surface area contributed by atoms with Gasteiger partial charge in [-0.05, 0) is 49.1 Å². The van der Waals surface area contributed by atoms with E-state index in [-0.39, 0.29) is 12.2 Å². The highest BCUT2D eigenvalue weighted by molar-refractivity contribution is 5.83. The highest BCUT2D eigenvalue weighted by Crippen LogP contribution is 2.24. The van der Waals surface area contributed by atoms with E-state index in [1.165, 1.54) is 16.3 Å². The lowest BCUT2D eigenvalue weighted by atomic mass is 10.0. The van der Waals surface area contributed by atoms with Gasteiger partial charge in [-0.1, -0.05) is 36.4 Å². The Kier molecular flexibility index (Phi) is 5.46. The van der Waals surface area contributed by atoms with Crippen LogP contribution >= 0.6 is 0 Å². The lowest BCUT2D eigenvalue weighted by molar-refractivity contribution is -0.131. The molecule has 27 heavy (non-hydrogen) atoms. The van der Waals surface area contributed by atoms with Crippen LogP contribution < -0.4 is 0 Å². The summed E-state index contributed by atoms with van der Waals surface area (Å²) in [4.78, 5) is 17.3. The average Bonchev–Trinajstić information content (AvgIpc) is 2.83. The summed E-state index contributed by atoms with van der Waals surface area (Å²) in [6.45, 7) is 7.82. The minimum Gasteiger partial charge on any atom is -0.373 e. The van der Waals surface area contributed by atoms with Crippen LogP contribution in [0.5, 0.6) is 0 Å². The largest absolute Gasteiger partial charge is 0.373 e. The monoisotopic (exact) mass is 366 g/mol. The van der Waals surface area contributed by atoms with Gasteiger partial charge < -0.3 is 9.64 Å². The average molecular weight is 367 g/mol. The van der Waals surface area contributed by atoms with E-state index in [1.54, 1.807) is 0 Å². The number of carbonyl (C=O) groups is 1. The quantitative estimate of drug-likeness (QED) is 0.828. The van der Waals surface area contributed by atoms with Gasteiger partial charge in [-0.2, -0.15) is 0 Å². The fourth-order valence-electron chi connectivity index (χ4n) is 4.63. The minimum atomic E-state index is 0.279. The molecule has 0 aliphatic carbocycles. The van der Waals surface area contributed by atoms with Gasteiger partial charge in [0.2, 0.25) is 5.91 Å². The molecule has 1 amide bonds. The molecule has 2 aromatic carbocycles. The van der Waals surface area contributed by atoms with Gasteiger partial charge in [-0.3, -0.25) is 9.69 Å². The van der Waals surface area contributed by atoms with Crippen molar-refractivity contribution in [3.8, 4) is 0 Å². The zero-order chi connectivity index (χ0) is 18.8. The normalized spacial score (nSPS) is 27.7. The van der Waals surface area contributed by atoms with Crippen molar-refractivity contribution in [2.75, 3.05) is 19.6 Å². The Balaban J connectivity index is 1.42. The number of fused-ring (bicyclic) bond motifs is 1. The number of morpholine rings is 1. The number of amides is 1. The molecule has 0 radical (unpaired) electrons. The summed E-state index contributed by atoms with van der Waals surface area (Å²) in [5.74, 6) is 0.292. The maximum atomic E-state index is 12.7. The van der Waals surface area contributed by atoms with Gasteiger partial charge >= 0.3 is 0 Å². The summed E-state index contributed by atoms with van der Waals surface area (Å²) >= 11 is 0. The van der Waals surface area contributed by atoms with Crippen LogP contribution in [0.3, 0.4) is 0 Å². The summed E-state index contributed by atoms with van der Waals surface area (Å²) in [6.07, 6.45) is 3.23. The van der Waals surface area contributed by atoms with Gasteiger partial charge in [0, 0.05) is 38.6 Å². The van der Waals surface area contributed by atoms with E-state index in [0.717, 1.165) is 32.5 Å². The predicted molar refractivity (Wildman–Crippen MR) is 109 cm³/mol. The summed E-state index contributed by atoms with van der Waals surface area (Å²) in [7, 11) is 0. The van der Waals surface area contributed by atoms with E-state index < -0.39 is 0 Å². The molecule has 2 fully saturated rings. The highest BCUT2D eigenvalue weighted by Gasteiger charge is 2.31. The molecule has 4 nitrogen and oxygen atoms in total. The molecular weight excluding hydrogens is 336 g/mol. The molecule has 2 saturated heterocycles. The van der Waals surface area contributed by atoms with Gasteiger partial charge in [0.1, 0.15) is 0 Å².